The van der Waals surface area contributed by atoms with Crippen LogP contribution in [0.3, 0.4) is 0 Å². The van der Waals surface area contributed by atoms with Gasteiger partial charge in [0.15, 0.2) is 0 Å². The molecule has 0 saturated heterocycles. The van der Waals surface area contributed by atoms with Crippen molar-refractivity contribution >= 4 is 0 Å². The van der Waals surface area contributed by atoms with E-state index < -0.39 is 0 Å². The Morgan fingerprint density at radius 3 is 2.67 bits per heavy atom. The Labute approximate surface area is 76.0 Å². The normalized spacial score (nSPS) is 12.9. The third kappa shape index (κ3) is 6.38. The fraction of sp³-hybridized carbons (Fsp3) is 0.800. The quantitative estimate of drug-likeness (QED) is 0.467. The Kier molecular flexibility index (Phi) is 7.11. The number of rotatable bonds is 7. The van der Waals surface area contributed by atoms with Crippen LogP contribution in [0.25, 0.3) is 0 Å². The van der Waals surface area contributed by atoms with Crippen molar-refractivity contribution in [2.75, 3.05) is 20.8 Å². The predicted octanol–water partition coefficient (Wildman–Crippen LogP) is 1.97. The lowest BCUT2D eigenvalue weighted by Crippen LogP contribution is -2.25. The van der Waals surface area contributed by atoms with E-state index in [0.29, 0.717) is 6.04 Å². The zero-order valence-electron chi connectivity index (χ0n) is 8.52. The Balaban J connectivity index is 3.46. The van der Waals surface area contributed by atoms with E-state index in [9.17, 15) is 0 Å². The van der Waals surface area contributed by atoms with Crippen molar-refractivity contribution in [3.63, 3.8) is 0 Å². The zero-order valence-corrected chi connectivity index (χ0v) is 8.52. The summed E-state index contributed by atoms with van der Waals surface area (Å²) in [5.41, 5.74) is 1.24. The number of hydrogen-bond acceptors (Lipinski definition) is 2. The zero-order chi connectivity index (χ0) is 9.40. The summed E-state index contributed by atoms with van der Waals surface area (Å²) in [4.78, 5) is 0. The van der Waals surface area contributed by atoms with Gasteiger partial charge in [0.25, 0.3) is 0 Å². The molecule has 0 aliphatic rings. The summed E-state index contributed by atoms with van der Waals surface area (Å²) < 4.78 is 4.99. The number of ether oxygens (including phenoxy) is 1. The fourth-order valence-electron chi connectivity index (χ4n) is 1.24. The molecule has 0 aromatic rings. The monoisotopic (exact) mass is 171 g/mol. The summed E-state index contributed by atoms with van der Waals surface area (Å²) in [5.74, 6) is 0. The molecule has 2 nitrogen and oxygen atoms in total. The van der Waals surface area contributed by atoms with Crippen molar-refractivity contribution in [1.29, 1.82) is 0 Å². The maximum absolute atomic E-state index is 4.99. The number of methoxy groups -OCH3 is 1. The van der Waals surface area contributed by atoms with Gasteiger partial charge < -0.3 is 10.1 Å². The lowest BCUT2D eigenvalue weighted by Gasteiger charge is -2.15. The number of hydrogen-bond donors (Lipinski definition) is 1. The fourth-order valence-corrected chi connectivity index (χ4v) is 1.24. The van der Waals surface area contributed by atoms with Crippen molar-refractivity contribution in [1.82, 2.24) is 5.32 Å². The molecule has 0 fully saturated rings. The van der Waals surface area contributed by atoms with Crippen LogP contribution in [0.2, 0.25) is 0 Å². The molecule has 1 N–H and O–H groups in total. The molecule has 0 bridgehead atoms. The first-order valence-electron chi connectivity index (χ1n) is 4.51. The van der Waals surface area contributed by atoms with Crippen molar-refractivity contribution in [2.45, 2.75) is 32.2 Å². The van der Waals surface area contributed by atoms with Crippen LogP contribution in [-0.2, 0) is 4.74 Å². The molecule has 1 atom stereocenters. The summed E-state index contributed by atoms with van der Waals surface area (Å²) in [5, 5.41) is 3.28. The first kappa shape index (κ1) is 11.7. The second-order valence-corrected chi connectivity index (χ2v) is 3.28. The number of nitrogens with one attached hydrogen (secondary N) is 1. The van der Waals surface area contributed by atoms with Gasteiger partial charge in [-0.1, -0.05) is 5.57 Å². The standard InChI is InChI=1S/C10H21NO/c1-9(2)8-10(11-3)6-5-7-12-4/h10-11H,1,5-8H2,2-4H3. The highest BCUT2D eigenvalue weighted by molar-refractivity contribution is 4.92. The lowest BCUT2D eigenvalue weighted by atomic mass is 10.0. The van der Waals surface area contributed by atoms with Crippen LogP contribution in [0.5, 0.6) is 0 Å². The smallest absolute Gasteiger partial charge is 0.0462 e. The van der Waals surface area contributed by atoms with E-state index in [1.807, 2.05) is 7.05 Å². The van der Waals surface area contributed by atoms with Gasteiger partial charge in [-0.25, -0.2) is 0 Å². The molecule has 0 rings (SSSR count). The van der Waals surface area contributed by atoms with E-state index >= 15 is 0 Å². The molecule has 0 aromatic carbocycles. The van der Waals surface area contributed by atoms with Crippen molar-refractivity contribution in [2.24, 2.45) is 0 Å². The Hall–Kier alpha value is -0.340. The third-order valence-electron chi connectivity index (χ3n) is 1.90. The van der Waals surface area contributed by atoms with E-state index in [0.717, 1.165) is 25.9 Å². The molecule has 0 heterocycles. The van der Waals surface area contributed by atoms with Crippen molar-refractivity contribution in [3.8, 4) is 0 Å². The van der Waals surface area contributed by atoms with Gasteiger partial charge in [-0.2, -0.15) is 0 Å². The molecule has 0 aromatic heterocycles. The van der Waals surface area contributed by atoms with E-state index in [1.54, 1.807) is 7.11 Å². The topological polar surface area (TPSA) is 21.3 Å². The minimum absolute atomic E-state index is 0.567. The largest absolute Gasteiger partial charge is 0.385 e. The third-order valence-corrected chi connectivity index (χ3v) is 1.90. The van der Waals surface area contributed by atoms with Crippen LogP contribution in [0.4, 0.5) is 0 Å². The van der Waals surface area contributed by atoms with E-state index in [2.05, 4.69) is 18.8 Å². The van der Waals surface area contributed by atoms with Crippen LogP contribution in [0, 0.1) is 0 Å². The van der Waals surface area contributed by atoms with Gasteiger partial charge in [0.2, 0.25) is 0 Å². The summed E-state index contributed by atoms with van der Waals surface area (Å²) in [6.07, 6.45) is 3.35. The molecule has 0 saturated carbocycles. The van der Waals surface area contributed by atoms with E-state index in [1.165, 1.54) is 5.57 Å². The molecule has 1 unspecified atom stereocenters. The molecule has 12 heavy (non-hydrogen) atoms. The van der Waals surface area contributed by atoms with Crippen molar-refractivity contribution < 1.29 is 4.74 Å². The van der Waals surface area contributed by atoms with Gasteiger partial charge in [-0.3, -0.25) is 0 Å². The maximum atomic E-state index is 4.99. The Morgan fingerprint density at radius 2 is 2.25 bits per heavy atom. The van der Waals surface area contributed by atoms with Crippen LogP contribution in [0.15, 0.2) is 12.2 Å². The second-order valence-electron chi connectivity index (χ2n) is 3.28. The van der Waals surface area contributed by atoms with Crippen molar-refractivity contribution in [3.05, 3.63) is 12.2 Å². The first-order valence-corrected chi connectivity index (χ1v) is 4.51. The van der Waals surface area contributed by atoms with Gasteiger partial charge in [-0.15, -0.1) is 6.58 Å². The van der Waals surface area contributed by atoms with Gasteiger partial charge >= 0.3 is 0 Å². The predicted molar refractivity (Wildman–Crippen MR) is 53.4 cm³/mol. The van der Waals surface area contributed by atoms with Gasteiger partial charge in [0.05, 0.1) is 0 Å². The minimum Gasteiger partial charge on any atom is -0.385 e. The van der Waals surface area contributed by atoms with E-state index in [4.69, 9.17) is 4.74 Å². The molecule has 0 aliphatic heterocycles. The second kappa shape index (κ2) is 7.32. The highest BCUT2D eigenvalue weighted by atomic mass is 16.5. The molecule has 0 aliphatic carbocycles. The summed E-state index contributed by atoms with van der Waals surface area (Å²) >= 11 is 0. The molecule has 72 valence electrons. The molecule has 2 heteroatoms. The summed E-state index contributed by atoms with van der Waals surface area (Å²) in [6, 6.07) is 0.567. The van der Waals surface area contributed by atoms with Crippen LogP contribution >= 0.6 is 0 Å². The van der Waals surface area contributed by atoms with Crippen LogP contribution in [0.1, 0.15) is 26.2 Å². The lowest BCUT2D eigenvalue weighted by molar-refractivity contribution is 0.189. The maximum Gasteiger partial charge on any atom is 0.0462 e. The Morgan fingerprint density at radius 1 is 1.58 bits per heavy atom. The minimum atomic E-state index is 0.567. The average Bonchev–Trinajstić information content (AvgIpc) is 2.02. The molecular formula is C10H21NO. The van der Waals surface area contributed by atoms with Gasteiger partial charge in [0, 0.05) is 19.8 Å². The van der Waals surface area contributed by atoms with E-state index in [-0.39, 0.29) is 0 Å². The molecule has 0 radical (unpaired) electrons. The van der Waals surface area contributed by atoms with Crippen LogP contribution < -0.4 is 5.32 Å². The first-order chi connectivity index (χ1) is 5.70. The Bertz CT molecular complexity index is 123. The SMILES string of the molecule is C=C(C)CC(CCCOC)NC. The molecule has 0 amide bonds. The van der Waals surface area contributed by atoms with Crippen LogP contribution in [-0.4, -0.2) is 26.8 Å². The summed E-state index contributed by atoms with van der Waals surface area (Å²) in [7, 11) is 3.74. The summed E-state index contributed by atoms with van der Waals surface area (Å²) in [6.45, 7) is 6.83. The molecule has 0 spiro atoms. The van der Waals surface area contributed by atoms with Gasteiger partial charge in [0.1, 0.15) is 0 Å². The highest BCUT2D eigenvalue weighted by Crippen LogP contribution is 2.07. The van der Waals surface area contributed by atoms with Gasteiger partial charge in [-0.05, 0) is 33.2 Å². The molecular weight excluding hydrogens is 150 g/mol. The average molecular weight is 171 g/mol. The highest BCUT2D eigenvalue weighted by Gasteiger charge is 2.04.